The smallest absolute Gasteiger partial charge is 0.231 e. The average Bonchev–Trinajstić information content (AvgIpc) is 2.95. The summed E-state index contributed by atoms with van der Waals surface area (Å²) in [6.45, 7) is 7.48. The minimum atomic E-state index is -0.0293. The van der Waals surface area contributed by atoms with Gasteiger partial charge in [0.2, 0.25) is 11.7 Å². The fourth-order valence-corrected chi connectivity index (χ4v) is 3.21. The first-order valence-corrected chi connectivity index (χ1v) is 8.32. The number of rotatable bonds is 7. The Labute approximate surface area is 127 Å². The van der Waals surface area contributed by atoms with Crippen molar-refractivity contribution in [1.82, 2.24) is 10.1 Å². The van der Waals surface area contributed by atoms with Crippen LogP contribution in [0, 0.1) is 11.8 Å². The lowest BCUT2D eigenvalue weighted by Crippen LogP contribution is -2.21. The maximum absolute atomic E-state index is 5.94. The van der Waals surface area contributed by atoms with E-state index >= 15 is 0 Å². The van der Waals surface area contributed by atoms with Crippen molar-refractivity contribution in [3.63, 3.8) is 0 Å². The first-order valence-electron chi connectivity index (χ1n) is 8.32. The minimum absolute atomic E-state index is 0.0293. The highest BCUT2D eigenvalue weighted by Gasteiger charge is 2.31. The van der Waals surface area contributed by atoms with Crippen molar-refractivity contribution in [3.05, 3.63) is 11.7 Å². The Kier molecular flexibility index (Phi) is 6.18. The van der Waals surface area contributed by atoms with Gasteiger partial charge < -0.3 is 15.0 Å². The van der Waals surface area contributed by atoms with E-state index < -0.39 is 0 Å². The zero-order chi connectivity index (χ0) is 15.2. The SMILES string of the molecule is CCOC(c1noc(C(CN)C(C)C)n1)C1CCCCC1. The predicted molar refractivity (Wildman–Crippen MR) is 81.9 cm³/mol. The van der Waals surface area contributed by atoms with E-state index in [1.165, 1.54) is 32.1 Å². The minimum Gasteiger partial charge on any atom is -0.370 e. The highest BCUT2D eigenvalue weighted by molar-refractivity contribution is 5.00. The Balaban J connectivity index is 2.14. The van der Waals surface area contributed by atoms with Crippen molar-refractivity contribution in [1.29, 1.82) is 0 Å². The van der Waals surface area contributed by atoms with Gasteiger partial charge in [0.05, 0.1) is 5.92 Å². The maximum atomic E-state index is 5.94. The third-order valence-electron chi connectivity index (χ3n) is 4.51. The van der Waals surface area contributed by atoms with E-state index in [9.17, 15) is 0 Å². The number of hydrogen-bond acceptors (Lipinski definition) is 5. The predicted octanol–water partition coefficient (Wildman–Crippen LogP) is 3.43. The largest absolute Gasteiger partial charge is 0.370 e. The Morgan fingerprint density at radius 1 is 1.29 bits per heavy atom. The van der Waals surface area contributed by atoms with Crippen LogP contribution < -0.4 is 5.73 Å². The fourth-order valence-electron chi connectivity index (χ4n) is 3.21. The molecular weight excluding hydrogens is 266 g/mol. The molecule has 0 radical (unpaired) electrons. The van der Waals surface area contributed by atoms with E-state index in [-0.39, 0.29) is 12.0 Å². The van der Waals surface area contributed by atoms with Crippen LogP contribution >= 0.6 is 0 Å². The molecule has 5 heteroatoms. The molecule has 1 heterocycles. The summed E-state index contributed by atoms with van der Waals surface area (Å²) in [6, 6.07) is 0. The number of ether oxygens (including phenoxy) is 1. The van der Waals surface area contributed by atoms with Crippen molar-refractivity contribution >= 4 is 0 Å². The molecule has 0 saturated heterocycles. The third kappa shape index (κ3) is 4.04. The summed E-state index contributed by atoms with van der Waals surface area (Å²) >= 11 is 0. The zero-order valence-corrected chi connectivity index (χ0v) is 13.5. The Bertz CT molecular complexity index is 413. The van der Waals surface area contributed by atoms with E-state index in [1.807, 2.05) is 6.92 Å². The summed E-state index contributed by atoms with van der Waals surface area (Å²) in [6.07, 6.45) is 6.23. The Morgan fingerprint density at radius 2 is 2.00 bits per heavy atom. The van der Waals surface area contributed by atoms with Gasteiger partial charge in [-0.3, -0.25) is 0 Å². The molecule has 2 N–H and O–H groups in total. The van der Waals surface area contributed by atoms with E-state index in [4.69, 9.17) is 15.0 Å². The Hall–Kier alpha value is -0.940. The van der Waals surface area contributed by atoms with Crippen LogP contribution in [-0.4, -0.2) is 23.3 Å². The van der Waals surface area contributed by atoms with Crippen LogP contribution in [0.5, 0.6) is 0 Å². The highest BCUT2D eigenvalue weighted by atomic mass is 16.5. The molecule has 1 aliphatic carbocycles. The lowest BCUT2D eigenvalue weighted by Gasteiger charge is -2.27. The lowest BCUT2D eigenvalue weighted by atomic mass is 9.85. The van der Waals surface area contributed by atoms with Crippen molar-refractivity contribution in [3.8, 4) is 0 Å². The van der Waals surface area contributed by atoms with Crippen molar-refractivity contribution in [2.24, 2.45) is 17.6 Å². The van der Waals surface area contributed by atoms with Crippen LogP contribution in [0.4, 0.5) is 0 Å². The van der Waals surface area contributed by atoms with Crippen LogP contribution in [0.1, 0.15) is 76.6 Å². The van der Waals surface area contributed by atoms with Crippen molar-refractivity contribution in [2.75, 3.05) is 13.2 Å². The summed E-state index contributed by atoms with van der Waals surface area (Å²) in [4.78, 5) is 4.61. The molecule has 0 amide bonds. The van der Waals surface area contributed by atoms with Gasteiger partial charge in [0, 0.05) is 13.2 Å². The second kappa shape index (κ2) is 7.90. The lowest BCUT2D eigenvalue weighted by molar-refractivity contribution is -0.00145. The number of nitrogens with two attached hydrogens (primary N) is 1. The van der Waals surface area contributed by atoms with E-state index in [1.54, 1.807) is 0 Å². The standard InChI is InChI=1S/C16H29N3O2/c1-4-20-14(12-8-6-5-7-9-12)15-18-16(21-19-15)13(10-17)11(2)3/h11-14H,4-10,17H2,1-3H3. The summed E-state index contributed by atoms with van der Waals surface area (Å²) in [5.41, 5.74) is 5.83. The maximum Gasteiger partial charge on any atom is 0.231 e. The molecule has 1 saturated carbocycles. The van der Waals surface area contributed by atoms with E-state index in [0.29, 0.717) is 36.7 Å². The summed E-state index contributed by atoms with van der Waals surface area (Å²) < 4.78 is 11.4. The van der Waals surface area contributed by atoms with Crippen LogP contribution in [0.3, 0.4) is 0 Å². The molecule has 0 spiro atoms. The summed E-state index contributed by atoms with van der Waals surface area (Å²) in [5.74, 6) is 2.39. The van der Waals surface area contributed by atoms with Gasteiger partial charge in [-0.1, -0.05) is 38.3 Å². The molecule has 1 aliphatic rings. The first kappa shape index (κ1) is 16.4. The van der Waals surface area contributed by atoms with Crippen molar-refractivity contribution in [2.45, 2.75) is 64.9 Å². The van der Waals surface area contributed by atoms with Crippen LogP contribution in [0.25, 0.3) is 0 Å². The molecule has 1 aromatic rings. The van der Waals surface area contributed by atoms with Gasteiger partial charge in [0.1, 0.15) is 6.10 Å². The molecule has 1 fully saturated rings. The molecule has 0 bridgehead atoms. The second-order valence-electron chi connectivity index (χ2n) is 6.35. The van der Waals surface area contributed by atoms with E-state index in [0.717, 1.165) is 0 Å². The molecule has 120 valence electrons. The van der Waals surface area contributed by atoms with Crippen LogP contribution in [-0.2, 0) is 4.74 Å². The third-order valence-corrected chi connectivity index (χ3v) is 4.51. The summed E-state index contributed by atoms with van der Waals surface area (Å²) in [7, 11) is 0. The molecular formula is C16H29N3O2. The van der Waals surface area contributed by atoms with Gasteiger partial charge in [0.25, 0.3) is 0 Å². The van der Waals surface area contributed by atoms with Crippen LogP contribution in [0.15, 0.2) is 4.52 Å². The molecule has 2 atom stereocenters. The summed E-state index contributed by atoms with van der Waals surface area (Å²) in [5, 5.41) is 4.19. The van der Waals surface area contributed by atoms with E-state index in [2.05, 4.69) is 24.0 Å². The normalized spacial score (nSPS) is 19.9. The number of aromatic nitrogens is 2. The topological polar surface area (TPSA) is 74.2 Å². The fraction of sp³-hybridized carbons (Fsp3) is 0.875. The molecule has 2 unspecified atom stereocenters. The van der Waals surface area contributed by atoms with Gasteiger partial charge in [0.15, 0.2) is 0 Å². The van der Waals surface area contributed by atoms with Crippen molar-refractivity contribution < 1.29 is 9.26 Å². The van der Waals surface area contributed by atoms with Gasteiger partial charge >= 0.3 is 0 Å². The quantitative estimate of drug-likeness (QED) is 0.834. The molecule has 0 aromatic carbocycles. The molecule has 0 aliphatic heterocycles. The second-order valence-corrected chi connectivity index (χ2v) is 6.35. The number of hydrogen-bond donors (Lipinski definition) is 1. The van der Waals surface area contributed by atoms with Crippen LogP contribution in [0.2, 0.25) is 0 Å². The molecule has 5 nitrogen and oxygen atoms in total. The highest BCUT2D eigenvalue weighted by Crippen LogP contribution is 2.36. The average molecular weight is 295 g/mol. The molecule has 21 heavy (non-hydrogen) atoms. The number of nitrogens with zero attached hydrogens (tertiary/aromatic N) is 2. The monoisotopic (exact) mass is 295 g/mol. The molecule has 2 rings (SSSR count). The van der Waals surface area contributed by atoms with Gasteiger partial charge in [-0.25, -0.2) is 0 Å². The van der Waals surface area contributed by atoms with Gasteiger partial charge in [-0.05, 0) is 31.6 Å². The zero-order valence-electron chi connectivity index (χ0n) is 13.5. The van der Waals surface area contributed by atoms with Gasteiger partial charge in [-0.2, -0.15) is 4.98 Å². The molecule has 1 aromatic heterocycles. The van der Waals surface area contributed by atoms with Gasteiger partial charge in [-0.15, -0.1) is 0 Å². The first-order chi connectivity index (χ1) is 10.2. The Morgan fingerprint density at radius 3 is 2.57 bits per heavy atom.